The molecular formula is C24H29IN8O5. The largest absolute Gasteiger partial charge is 0.495 e. The number of nitrogens with one attached hydrogen (secondary N) is 2. The molecule has 1 aliphatic heterocycles. The zero-order chi connectivity index (χ0) is 27.2. The van der Waals surface area contributed by atoms with Crippen LogP contribution in [0.2, 0.25) is 0 Å². The highest BCUT2D eigenvalue weighted by Crippen LogP contribution is 2.30. The van der Waals surface area contributed by atoms with Gasteiger partial charge in [-0.15, -0.1) is 0 Å². The minimum atomic E-state index is -0.923. The number of hydrogen-bond acceptors (Lipinski definition) is 9. The normalized spacial score (nSPS) is 13.3. The van der Waals surface area contributed by atoms with Crippen molar-refractivity contribution in [1.82, 2.24) is 29.6 Å². The Balaban J connectivity index is 1.67. The molecule has 1 aliphatic rings. The van der Waals surface area contributed by atoms with Crippen molar-refractivity contribution in [1.29, 1.82) is 0 Å². The molecule has 38 heavy (non-hydrogen) atoms. The van der Waals surface area contributed by atoms with Gasteiger partial charge in [-0.05, 0) is 52.6 Å². The zero-order valence-corrected chi connectivity index (χ0v) is 23.5. The van der Waals surface area contributed by atoms with E-state index >= 15 is 0 Å². The summed E-state index contributed by atoms with van der Waals surface area (Å²) < 4.78 is 12.8. The molecule has 0 aromatic carbocycles. The van der Waals surface area contributed by atoms with Gasteiger partial charge in [0.2, 0.25) is 5.95 Å². The van der Waals surface area contributed by atoms with Crippen LogP contribution >= 0.6 is 22.6 Å². The SMILES string of the molecule is CCCCNc1nc(NC(=O)OC)nc2c(I)nn(Cc3ncc(C4=CCN(C(=O)O)CC4)cc3OC)c12. The summed E-state index contributed by atoms with van der Waals surface area (Å²) in [4.78, 5) is 38.0. The summed E-state index contributed by atoms with van der Waals surface area (Å²) in [6.45, 7) is 3.86. The van der Waals surface area contributed by atoms with Crippen LogP contribution in [-0.2, 0) is 11.3 Å². The number of unbranched alkanes of at least 4 members (excludes halogenated alkanes) is 1. The molecule has 13 nitrogen and oxygen atoms in total. The molecule has 2 amide bonds. The molecule has 0 unspecified atom stereocenters. The van der Waals surface area contributed by atoms with E-state index in [9.17, 15) is 14.7 Å². The first kappa shape index (κ1) is 27.3. The Hall–Kier alpha value is -3.69. The van der Waals surface area contributed by atoms with Crippen LogP contribution in [0.5, 0.6) is 5.75 Å². The number of nitrogens with zero attached hydrogens (tertiary/aromatic N) is 6. The number of carbonyl (C=O) groups excluding carboxylic acids is 1. The van der Waals surface area contributed by atoms with E-state index in [0.717, 1.165) is 24.0 Å². The van der Waals surface area contributed by atoms with Gasteiger partial charge in [0.25, 0.3) is 0 Å². The molecule has 202 valence electrons. The van der Waals surface area contributed by atoms with E-state index in [0.29, 0.717) is 64.6 Å². The van der Waals surface area contributed by atoms with E-state index in [-0.39, 0.29) is 5.95 Å². The maximum absolute atomic E-state index is 11.8. The van der Waals surface area contributed by atoms with Gasteiger partial charge >= 0.3 is 12.2 Å². The molecule has 4 rings (SSSR count). The number of rotatable bonds is 9. The third kappa shape index (κ3) is 6.06. The summed E-state index contributed by atoms with van der Waals surface area (Å²) in [7, 11) is 2.86. The third-order valence-electron chi connectivity index (χ3n) is 6.07. The molecular weight excluding hydrogens is 607 g/mol. The number of anilines is 2. The van der Waals surface area contributed by atoms with Crippen LogP contribution in [-0.4, -0.2) is 80.8 Å². The number of aromatic nitrogens is 5. The van der Waals surface area contributed by atoms with Crippen LogP contribution in [0.3, 0.4) is 0 Å². The van der Waals surface area contributed by atoms with Gasteiger partial charge in [-0.3, -0.25) is 15.0 Å². The molecule has 3 aromatic heterocycles. The molecule has 3 aromatic rings. The van der Waals surface area contributed by atoms with Gasteiger partial charge in [-0.1, -0.05) is 19.4 Å². The first-order valence-electron chi connectivity index (χ1n) is 12.1. The fourth-order valence-corrected chi connectivity index (χ4v) is 4.69. The lowest BCUT2D eigenvalue weighted by Crippen LogP contribution is -2.33. The van der Waals surface area contributed by atoms with Gasteiger partial charge in [-0.25, -0.2) is 14.6 Å². The number of halogens is 1. The Morgan fingerprint density at radius 2 is 2.08 bits per heavy atom. The third-order valence-corrected chi connectivity index (χ3v) is 6.80. The Labute approximate surface area is 232 Å². The monoisotopic (exact) mass is 636 g/mol. The number of fused-ring (bicyclic) bond motifs is 1. The number of ether oxygens (including phenoxy) is 2. The summed E-state index contributed by atoms with van der Waals surface area (Å²) in [5.74, 6) is 1.24. The summed E-state index contributed by atoms with van der Waals surface area (Å²) in [6.07, 6.45) is 4.63. The van der Waals surface area contributed by atoms with Crippen molar-refractivity contribution in [3.05, 3.63) is 33.3 Å². The quantitative estimate of drug-likeness (QED) is 0.231. The van der Waals surface area contributed by atoms with Crippen molar-refractivity contribution in [3.63, 3.8) is 0 Å². The Kier molecular flexibility index (Phi) is 8.81. The average molecular weight is 636 g/mol. The molecule has 0 aliphatic carbocycles. The summed E-state index contributed by atoms with van der Waals surface area (Å²) in [6, 6.07) is 1.91. The molecule has 0 bridgehead atoms. The molecule has 14 heteroatoms. The highest BCUT2D eigenvalue weighted by Gasteiger charge is 2.21. The fourth-order valence-electron chi connectivity index (χ4n) is 4.06. The standard InChI is InChI=1S/C24H29IN8O5/c1-4-5-8-26-21-19-18(28-22(29-21)30-23(34)38-3)20(25)31-33(19)13-16-17(37-2)11-15(12-27-16)14-6-9-32(10-7-14)24(35)36/h6,11-12H,4-5,7-10,13H2,1-3H3,(H,35,36)(H2,26,28,29,30,34). The van der Waals surface area contributed by atoms with Gasteiger partial charge in [0, 0.05) is 25.8 Å². The smallest absolute Gasteiger partial charge is 0.413 e. The van der Waals surface area contributed by atoms with Crippen LogP contribution in [0.4, 0.5) is 21.4 Å². The average Bonchev–Trinajstić information content (AvgIpc) is 3.23. The number of carboxylic acid groups (broad SMARTS) is 1. The predicted octanol–water partition coefficient (Wildman–Crippen LogP) is 4.04. The molecule has 0 radical (unpaired) electrons. The van der Waals surface area contributed by atoms with Gasteiger partial charge in [-0.2, -0.15) is 10.1 Å². The second-order valence-electron chi connectivity index (χ2n) is 8.52. The summed E-state index contributed by atoms with van der Waals surface area (Å²) in [5.41, 5.74) is 3.84. The van der Waals surface area contributed by atoms with Gasteiger partial charge in [0.1, 0.15) is 26.2 Å². The van der Waals surface area contributed by atoms with E-state index in [1.165, 1.54) is 12.0 Å². The molecule has 0 saturated carbocycles. The van der Waals surface area contributed by atoms with Crippen molar-refractivity contribution in [2.75, 3.05) is 44.5 Å². The molecule has 3 N–H and O–H groups in total. The van der Waals surface area contributed by atoms with Crippen LogP contribution in [0.15, 0.2) is 18.3 Å². The van der Waals surface area contributed by atoms with Crippen molar-refractivity contribution in [2.24, 2.45) is 0 Å². The van der Waals surface area contributed by atoms with E-state index in [4.69, 9.17) is 4.74 Å². The molecule has 0 saturated heterocycles. The second-order valence-corrected chi connectivity index (χ2v) is 9.54. The van der Waals surface area contributed by atoms with Gasteiger partial charge < -0.3 is 24.8 Å². The van der Waals surface area contributed by atoms with Crippen molar-refractivity contribution in [3.8, 4) is 5.75 Å². The van der Waals surface area contributed by atoms with E-state index < -0.39 is 12.2 Å². The maximum atomic E-state index is 11.8. The first-order valence-corrected chi connectivity index (χ1v) is 13.2. The number of amides is 2. The highest BCUT2D eigenvalue weighted by atomic mass is 127. The Morgan fingerprint density at radius 3 is 2.74 bits per heavy atom. The minimum Gasteiger partial charge on any atom is -0.495 e. The van der Waals surface area contributed by atoms with Crippen LogP contribution < -0.4 is 15.4 Å². The molecule has 4 heterocycles. The Bertz CT molecular complexity index is 1380. The fraction of sp³-hybridized carbons (Fsp3) is 0.417. The van der Waals surface area contributed by atoms with Crippen molar-refractivity contribution in [2.45, 2.75) is 32.7 Å². The lowest BCUT2D eigenvalue weighted by Gasteiger charge is -2.24. The lowest BCUT2D eigenvalue weighted by atomic mass is 10.0. The summed E-state index contributed by atoms with van der Waals surface area (Å²) >= 11 is 2.10. The molecule has 0 spiro atoms. The van der Waals surface area contributed by atoms with E-state index in [2.05, 4.69) is 64.9 Å². The Morgan fingerprint density at radius 1 is 1.26 bits per heavy atom. The van der Waals surface area contributed by atoms with Crippen LogP contribution in [0.25, 0.3) is 16.6 Å². The van der Waals surface area contributed by atoms with E-state index in [1.54, 1.807) is 18.0 Å². The molecule has 0 atom stereocenters. The highest BCUT2D eigenvalue weighted by molar-refractivity contribution is 14.1. The van der Waals surface area contributed by atoms with Crippen LogP contribution in [0, 0.1) is 3.70 Å². The van der Waals surface area contributed by atoms with Crippen molar-refractivity contribution >= 4 is 63.2 Å². The summed E-state index contributed by atoms with van der Waals surface area (Å²) in [5, 5.41) is 19.7. The number of methoxy groups -OCH3 is 2. The van der Waals surface area contributed by atoms with Crippen LogP contribution in [0.1, 0.15) is 37.4 Å². The van der Waals surface area contributed by atoms with Crippen molar-refractivity contribution < 1.29 is 24.2 Å². The predicted molar refractivity (Wildman–Crippen MR) is 150 cm³/mol. The minimum absolute atomic E-state index is 0.114. The van der Waals surface area contributed by atoms with Gasteiger partial charge in [0.05, 0.1) is 20.8 Å². The number of hydrogen-bond donors (Lipinski definition) is 3. The van der Waals surface area contributed by atoms with E-state index in [1.807, 2.05) is 12.1 Å². The topological polar surface area (TPSA) is 157 Å². The zero-order valence-electron chi connectivity index (χ0n) is 21.3. The maximum Gasteiger partial charge on any atom is 0.413 e. The van der Waals surface area contributed by atoms with Gasteiger partial charge in [0.15, 0.2) is 5.82 Å². The first-order chi connectivity index (χ1) is 18.3. The second kappa shape index (κ2) is 12.2. The number of carbonyl (C=O) groups is 2. The molecule has 0 fully saturated rings. The lowest BCUT2D eigenvalue weighted by molar-refractivity contribution is 0.150. The number of pyridine rings is 1.